The molecule has 0 bridgehead atoms. The Labute approximate surface area is 136 Å². The van der Waals surface area contributed by atoms with Crippen LogP contribution in [0, 0.1) is 0 Å². The number of aromatic nitrogens is 1. The number of benzene rings is 1. The van der Waals surface area contributed by atoms with E-state index in [1.807, 2.05) is 6.92 Å². The SMILES string of the molecule is CCNc1nc(-c2ccc(CC[C@@H](C)NC(C)=O)cc2)cs1. The zero-order valence-electron chi connectivity index (χ0n) is 13.3. The van der Waals surface area contributed by atoms with Crippen LogP contribution in [-0.4, -0.2) is 23.5 Å². The van der Waals surface area contributed by atoms with E-state index in [1.165, 1.54) is 5.56 Å². The van der Waals surface area contributed by atoms with E-state index in [0.717, 1.165) is 35.8 Å². The second kappa shape index (κ2) is 7.94. The highest BCUT2D eigenvalue weighted by atomic mass is 32.1. The fourth-order valence-corrected chi connectivity index (χ4v) is 3.07. The van der Waals surface area contributed by atoms with Gasteiger partial charge in [-0.05, 0) is 32.3 Å². The van der Waals surface area contributed by atoms with Crippen molar-refractivity contribution in [1.29, 1.82) is 0 Å². The van der Waals surface area contributed by atoms with Gasteiger partial charge in [0.1, 0.15) is 0 Å². The van der Waals surface area contributed by atoms with E-state index in [9.17, 15) is 4.79 Å². The van der Waals surface area contributed by atoms with Crippen molar-refractivity contribution < 1.29 is 4.79 Å². The van der Waals surface area contributed by atoms with Crippen molar-refractivity contribution in [3.8, 4) is 11.3 Å². The summed E-state index contributed by atoms with van der Waals surface area (Å²) < 4.78 is 0. The summed E-state index contributed by atoms with van der Waals surface area (Å²) in [6, 6.07) is 8.72. The van der Waals surface area contributed by atoms with Crippen LogP contribution in [-0.2, 0) is 11.2 Å². The van der Waals surface area contributed by atoms with E-state index in [4.69, 9.17) is 0 Å². The second-order valence-corrected chi connectivity index (χ2v) is 6.26. The summed E-state index contributed by atoms with van der Waals surface area (Å²) in [6.45, 7) is 6.55. The standard InChI is InChI=1S/C17H23N3OS/c1-4-18-17-20-16(11-22-17)15-9-7-14(8-10-15)6-5-12(2)19-13(3)21/h7-12H,4-6H2,1-3H3,(H,18,20)(H,19,21)/t12-/m1/s1. The summed E-state index contributed by atoms with van der Waals surface area (Å²) in [5.74, 6) is 0.0304. The molecule has 2 N–H and O–H groups in total. The topological polar surface area (TPSA) is 54.0 Å². The first-order valence-electron chi connectivity index (χ1n) is 7.64. The molecule has 1 amide bonds. The number of nitrogens with zero attached hydrogens (tertiary/aromatic N) is 1. The van der Waals surface area contributed by atoms with Crippen LogP contribution in [0.3, 0.4) is 0 Å². The van der Waals surface area contributed by atoms with Crippen molar-refractivity contribution in [2.24, 2.45) is 0 Å². The van der Waals surface area contributed by atoms with Crippen LogP contribution in [0.15, 0.2) is 29.6 Å². The van der Waals surface area contributed by atoms with Crippen LogP contribution < -0.4 is 10.6 Å². The molecule has 0 aliphatic rings. The Morgan fingerprint density at radius 2 is 2.05 bits per heavy atom. The van der Waals surface area contributed by atoms with E-state index >= 15 is 0 Å². The molecular weight excluding hydrogens is 294 g/mol. The zero-order valence-corrected chi connectivity index (χ0v) is 14.2. The van der Waals surface area contributed by atoms with Crippen LogP contribution in [0.2, 0.25) is 0 Å². The minimum absolute atomic E-state index is 0.0304. The molecule has 0 radical (unpaired) electrons. The molecule has 0 aliphatic heterocycles. The van der Waals surface area contributed by atoms with Crippen LogP contribution in [0.4, 0.5) is 5.13 Å². The van der Waals surface area contributed by atoms with Crippen molar-refractivity contribution >= 4 is 22.4 Å². The maximum Gasteiger partial charge on any atom is 0.217 e. The molecule has 4 nitrogen and oxygen atoms in total. The number of hydrogen-bond acceptors (Lipinski definition) is 4. The highest BCUT2D eigenvalue weighted by Gasteiger charge is 2.06. The van der Waals surface area contributed by atoms with E-state index in [2.05, 4.69) is 52.2 Å². The largest absolute Gasteiger partial charge is 0.362 e. The summed E-state index contributed by atoms with van der Waals surface area (Å²) in [7, 11) is 0. The average Bonchev–Trinajstić information content (AvgIpc) is 2.94. The van der Waals surface area contributed by atoms with Gasteiger partial charge < -0.3 is 10.6 Å². The van der Waals surface area contributed by atoms with E-state index in [-0.39, 0.29) is 11.9 Å². The molecule has 2 aromatic rings. The van der Waals surface area contributed by atoms with Crippen molar-refractivity contribution in [3.05, 3.63) is 35.2 Å². The second-order valence-electron chi connectivity index (χ2n) is 5.41. The summed E-state index contributed by atoms with van der Waals surface area (Å²) in [6.07, 6.45) is 1.90. The Kier molecular flexibility index (Phi) is 5.95. The number of hydrogen-bond donors (Lipinski definition) is 2. The van der Waals surface area contributed by atoms with Crippen LogP contribution >= 0.6 is 11.3 Å². The molecule has 1 heterocycles. The van der Waals surface area contributed by atoms with Gasteiger partial charge in [-0.15, -0.1) is 11.3 Å². The molecule has 118 valence electrons. The maximum atomic E-state index is 11.0. The predicted molar refractivity (Wildman–Crippen MR) is 93.3 cm³/mol. The lowest BCUT2D eigenvalue weighted by atomic mass is 10.0. The Morgan fingerprint density at radius 3 is 2.68 bits per heavy atom. The average molecular weight is 317 g/mol. The Bertz CT molecular complexity index is 607. The van der Waals surface area contributed by atoms with E-state index in [0.29, 0.717) is 0 Å². The lowest BCUT2D eigenvalue weighted by molar-refractivity contribution is -0.119. The van der Waals surface area contributed by atoms with Gasteiger partial charge in [-0.1, -0.05) is 24.3 Å². The Morgan fingerprint density at radius 1 is 1.32 bits per heavy atom. The molecule has 0 fully saturated rings. The number of carbonyl (C=O) groups excluding carboxylic acids is 1. The molecule has 1 aromatic carbocycles. The van der Waals surface area contributed by atoms with Crippen LogP contribution in [0.25, 0.3) is 11.3 Å². The fourth-order valence-electron chi connectivity index (χ4n) is 2.28. The predicted octanol–water partition coefficient (Wildman–Crippen LogP) is 3.70. The Balaban J connectivity index is 1.93. The molecule has 0 saturated carbocycles. The molecule has 1 aromatic heterocycles. The number of rotatable bonds is 7. The van der Waals surface area contributed by atoms with Crippen LogP contribution in [0.1, 0.15) is 32.8 Å². The minimum atomic E-state index is 0.0304. The summed E-state index contributed by atoms with van der Waals surface area (Å²) >= 11 is 1.63. The van der Waals surface area contributed by atoms with Crippen molar-refractivity contribution in [1.82, 2.24) is 10.3 Å². The third-order valence-electron chi connectivity index (χ3n) is 3.40. The monoisotopic (exact) mass is 317 g/mol. The van der Waals surface area contributed by atoms with Gasteiger partial charge in [-0.2, -0.15) is 0 Å². The van der Waals surface area contributed by atoms with Gasteiger partial charge in [0, 0.05) is 30.5 Å². The smallest absolute Gasteiger partial charge is 0.217 e. The molecule has 0 spiro atoms. The van der Waals surface area contributed by atoms with Gasteiger partial charge in [0.15, 0.2) is 5.13 Å². The first-order chi connectivity index (χ1) is 10.6. The molecule has 5 heteroatoms. The minimum Gasteiger partial charge on any atom is -0.362 e. The van der Waals surface area contributed by atoms with Gasteiger partial charge in [0.2, 0.25) is 5.91 Å². The highest BCUT2D eigenvalue weighted by Crippen LogP contribution is 2.25. The number of nitrogens with one attached hydrogen (secondary N) is 2. The fraction of sp³-hybridized carbons (Fsp3) is 0.412. The van der Waals surface area contributed by atoms with Crippen molar-refractivity contribution in [3.63, 3.8) is 0 Å². The van der Waals surface area contributed by atoms with Gasteiger partial charge in [-0.25, -0.2) is 4.98 Å². The summed E-state index contributed by atoms with van der Waals surface area (Å²) in [4.78, 5) is 15.6. The third kappa shape index (κ3) is 4.84. The number of anilines is 1. The first kappa shape index (κ1) is 16.5. The quantitative estimate of drug-likeness (QED) is 0.818. The Hall–Kier alpha value is -1.88. The number of aryl methyl sites for hydroxylation is 1. The highest BCUT2D eigenvalue weighted by molar-refractivity contribution is 7.14. The number of thiazole rings is 1. The first-order valence-corrected chi connectivity index (χ1v) is 8.52. The molecule has 1 atom stereocenters. The molecule has 22 heavy (non-hydrogen) atoms. The van der Waals surface area contributed by atoms with Gasteiger partial charge >= 0.3 is 0 Å². The number of carbonyl (C=O) groups is 1. The normalized spacial score (nSPS) is 12.0. The third-order valence-corrected chi connectivity index (χ3v) is 4.20. The van der Waals surface area contributed by atoms with Crippen molar-refractivity contribution in [2.45, 2.75) is 39.7 Å². The van der Waals surface area contributed by atoms with E-state index < -0.39 is 0 Å². The van der Waals surface area contributed by atoms with Crippen LogP contribution in [0.5, 0.6) is 0 Å². The lowest BCUT2D eigenvalue weighted by Crippen LogP contribution is -2.30. The lowest BCUT2D eigenvalue weighted by Gasteiger charge is -2.12. The van der Waals surface area contributed by atoms with E-state index in [1.54, 1.807) is 18.3 Å². The van der Waals surface area contributed by atoms with Gasteiger partial charge in [-0.3, -0.25) is 4.79 Å². The van der Waals surface area contributed by atoms with Gasteiger partial charge in [0.25, 0.3) is 0 Å². The van der Waals surface area contributed by atoms with Gasteiger partial charge in [0.05, 0.1) is 5.69 Å². The summed E-state index contributed by atoms with van der Waals surface area (Å²) in [5.41, 5.74) is 3.43. The molecule has 0 aliphatic carbocycles. The number of amides is 1. The molecule has 0 unspecified atom stereocenters. The molecule has 0 saturated heterocycles. The zero-order chi connectivity index (χ0) is 15.9. The molecular formula is C17H23N3OS. The molecule has 2 rings (SSSR count). The maximum absolute atomic E-state index is 11.0. The van der Waals surface area contributed by atoms with Crippen molar-refractivity contribution in [2.75, 3.05) is 11.9 Å². The summed E-state index contributed by atoms with van der Waals surface area (Å²) in [5, 5.41) is 9.18.